The van der Waals surface area contributed by atoms with Crippen molar-refractivity contribution in [1.29, 1.82) is 0 Å². The molecule has 3 rings (SSSR count). The third-order valence-electron chi connectivity index (χ3n) is 4.18. The van der Waals surface area contributed by atoms with E-state index in [1.807, 2.05) is 6.33 Å². The van der Waals surface area contributed by atoms with Crippen molar-refractivity contribution in [1.82, 2.24) is 14.9 Å². The van der Waals surface area contributed by atoms with Gasteiger partial charge in [0.1, 0.15) is 0 Å². The van der Waals surface area contributed by atoms with Gasteiger partial charge in [-0.05, 0) is 36.8 Å². The predicted molar refractivity (Wildman–Crippen MR) is 72.5 cm³/mol. The first-order valence-electron chi connectivity index (χ1n) is 6.57. The van der Waals surface area contributed by atoms with Crippen molar-refractivity contribution < 1.29 is 0 Å². The van der Waals surface area contributed by atoms with E-state index in [-0.39, 0.29) is 0 Å². The van der Waals surface area contributed by atoms with Gasteiger partial charge in [0.25, 0.3) is 0 Å². The second-order valence-corrected chi connectivity index (χ2v) is 6.80. The quantitative estimate of drug-likeness (QED) is 0.889. The molecule has 2 aliphatic rings. The Morgan fingerprint density at radius 1 is 1.65 bits per heavy atom. The third-order valence-corrected chi connectivity index (χ3v) is 5.41. The summed E-state index contributed by atoms with van der Waals surface area (Å²) in [6, 6.07) is 0. The van der Waals surface area contributed by atoms with Crippen LogP contribution in [-0.2, 0) is 12.0 Å². The van der Waals surface area contributed by atoms with Gasteiger partial charge in [-0.15, -0.1) is 0 Å². The molecule has 2 aliphatic heterocycles. The molecule has 1 aromatic rings. The van der Waals surface area contributed by atoms with Gasteiger partial charge in [-0.3, -0.25) is 0 Å². The molecular formula is C13H21N3S. The zero-order valence-corrected chi connectivity index (χ0v) is 11.3. The Morgan fingerprint density at radius 2 is 2.59 bits per heavy atom. The highest BCUT2D eigenvalue weighted by Gasteiger charge is 2.33. The van der Waals surface area contributed by atoms with E-state index in [1.54, 1.807) is 0 Å². The van der Waals surface area contributed by atoms with Crippen LogP contribution >= 0.6 is 11.8 Å². The molecule has 1 N–H and O–H groups in total. The first-order chi connectivity index (χ1) is 8.28. The number of imidazole rings is 1. The molecule has 0 radical (unpaired) electrons. The molecule has 1 aromatic heterocycles. The Bertz CT molecular complexity index is 376. The standard InChI is InChI=1S/C13H21N3S/c1-13(3-4-14-9-13)12-6-15-10-16(12)7-11-2-5-17-8-11/h6,10-11,14H,2-5,7-9H2,1H3. The fourth-order valence-corrected chi connectivity index (χ4v) is 4.28. The first kappa shape index (κ1) is 11.6. The highest BCUT2D eigenvalue weighted by Crippen LogP contribution is 2.31. The van der Waals surface area contributed by atoms with E-state index < -0.39 is 0 Å². The summed E-state index contributed by atoms with van der Waals surface area (Å²) in [6.07, 6.45) is 6.71. The minimum Gasteiger partial charge on any atom is -0.334 e. The summed E-state index contributed by atoms with van der Waals surface area (Å²) < 4.78 is 2.41. The molecule has 2 atom stereocenters. The Balaban J connectivity index is 1.78. The van der Waals surface area contributed by atoms with E-state index in [1.165, 1.54) is 30.0 Å². The second kappa shape index (κ2) is 4.65. The van der Waals surface area contributed by atoms with Crippen LogP contribution < -0.4 is 5.32 Å². The van der Waals surface area contributed by atoms with Gasteiger partial charge in [0.15, 0.2) is 0 Å². The Kier molecular flexibility index (Phi) is 3.17. The Labute approximate surface area is 107 Å². The van der Waals surface area contributed by atoms with E-state index in [4.69, 9.17) is 0 Å². The van der Waals surface area contributed by atoms with E-state index in [0.29, 0.717) is 5.41 Å². The van der Waals surface area contributed by atoms with Crippen LogP contribution in [0.5, 0.6) is 0 Å². The minimum absolute atomic E-state index is 0.294. The molecule has 94 valence electrons. The van der Waals surface area contributed by atoms with Crippen LogP contribution in [0.2, 0.25) is 0 Å². The van der Waals surface area contributed by atoms with Gasteiger partial charge in [-0.2, -0.15) is 11.8 Å². The highest BCUT2D eigenvalue weighted by molar-refractivity contribution is 7.99. The topological polar surface area (TPSA) is 29.9 Å². The van der Waals surface area contributed by atoms with Crippen molar-refractivity contribution in [2.75, 3.05) is 24.6 Å². The van der Waals surface area contributed by atoms with Crippen LogP contribution in [-0.4, -0.2) is 34.1 Å². The highest BCUT2D eigenvalue weighted by atomic mass is 32.2. The molecule has 0 saturated carbocycles. The molecule has 0 spiro atoms. The average molecular weight is 251 g/mol. The van der Waals surface area contributed by atoms with Gasteiger partial charge < -0.3 is 9.88 Å². The van der Waals surface area contributed by atoms with Crippen molar-refractivity contribution in [3.63, 3.8) is 0 Å². The van der Waals surface area contributed by atoms with Crippen LogP contribution in [0.15, 0.2) is 12.5 Å². The lowest BCUT2D eigenvalue weighted by Gasteiger charge is -2.25. The van der Waals surface area contributed by atoms with E-state index in [2.05, 4.69) is 39.8 Å². The molecule has 3 nitrogen and oxygen atoms in total. The average Bonchev–Trinajstić information content (AvgIpc) is 3.00. The number of nitrogens with zero attached hydrogens (tertiary/aromatic N) is 2. The number of hydrogen-bond acceptors (Lipinski definition) is 3. The maximum atomic E-state index is 4.38. The van der Waals surface area contributed by atoms with Crippen molar-refractivity contribution in [2.24, 2.45) is 5.92 Å². The maximum absolute atomic E-state index is 4.38. The van der Waals surface area contributed by atoms with E-state index in [0.717, 1.165) is 25.6 Å². The van der Waals surface area contributed by atoms with Gasteiger partial charge in [0.2, 0.25) is 0 Å². The summed E-state index contributed by atoms with van der Waals surface area (Å²) >= 11 is 2.10. The zero-order chi connectivity index (χ0) is 11.7. The van der Waals surface area contributed by atoms with Gasteiger partial charge in [-0.25, -0.2) is 4.98 Å². The molecule has 2 saturated heterocycles. The first-order valence-corrected chi connectivity index (χ1v) is 7.72. The zero-order valence-electron chi connectivity index (χ0n) is 10.5. The number of nitrogens with one attached hydrogen (secondary N) is 1. The normalized spacial score (nSPS) is 33.4. The molecule has 0 bridgehead atoms. The largest absolute Gasteiger partial charge is 0.334 e. The lowest BCUT2D eigenvalue weighted by atomic mass is 9.86. The van der Waals surface area contributed by atoms with Crippen LogP contribution in [0.4, 0.5) is 0 Å². The monoisotopic (exact) mass is 251 g/mol. The van der Waals surface area contributed by atoms with Crippen molar-refractivity contribution in [2.45, 2.75) is 31.7 Å². The molecule has 3 heterocycles. The maximum Gasteiger partial charge on any atom is 0.0948 e. The third kappa shape index (κ3) is 2.25. The molecule has 0 aliphatic carbocycles. The van der Waals surface area contributed by atoms with E-state index in [9.17, 15) is 0 Å². The number of rotatable bonds is 3. The molecule has 2 unspecified atom stereocenters. The summed E-state index contributed by atoms with van der Waals surface area (Å²) in [5.41, 5.74) is 1.72. The van der Waals surface area contributed by atoms with Crippen molar-refractivity contribution >= 4 is 11.8 Å². The SMILES string of the molecule is CC1(c2cncn2CC2CCSC2)CCNC1. The number of thioether (sulfide) groups is 1. The van der Waals surface area contributed by atoms with Gasteiger partial charge in [-0.1, -0.05) is 6.92 Å². The summed E-state index contributed by atoms with van der Waals surface area (Å²) in [6.45, 7) is 5.76. The van der Waals surface area contributed by atoms with Crippen LogP contribution in [0.1, 0.15) is 25.5 Å². The van der Waals surface area contributed by atoms with Crippen molar-refractivity contribution in [3.05, 3.63) is 18.2 Å². The Morgan fingerprint density at radius 3 is 3.29 bits per heavy atom. The summed E-state index contributed by atoms with van der Waals surface area (Å²) in [4.78, 5) is 4.38. The smallest absolute Gasteiger partial charge is 0.0948 e. The lowest BCUT2D eigenvalue weighted by Crippen LogP contribution is -2.29. The molecule has 17 heavy (non-hydrogen) atoms. The fourth-order valence-electron chi connectivity index (χ4n) is 3.01. The molecule has 0 aromatic carbocycles. The number of aromatic nitrogens is 2. The minimum atomic E-state index is 0.294. The predicted octanol–water partition coefficient (Wildman–Crippen LogP) is 1.89. The summed E-state index contributed by atoms with van der Waals surface area (Å²) in [5.74, 6) is 3.52. The molecule has 2 fully saturated rings. The Hall–Kier alpha value is -0.480. The fraction of sp³-hybridized carbons (Fsp3) is 0.769. The number of hydrogen-bond donors (Lipinski definition) is 1. The van der Waals surface area contributed by atoms with Crippen LogP contribution in [0.25, 0.3) is 0 Å². The van der Waals surface area contributed by atoms with E-state index >= 15 is 0 Å². The van der Waals surface area contributed by atoms with Gasteiger partial charge in [0.05, 0.1) is 6.33 Å². The molecular weight excluding hydrogens is 230 g/mol. The van der Waals surface area contributed by atoms with Gasteiger partial charge in [0, 0.05) is 30.4 Å². The van der Waals surface area contributed by atoms with Gasteiger partial charge >= 0.3 is 0 Å². The lowest BCUT2D eigenvalue weighted by molar-refractivity contribution is 0.428. The second-order valence-electron chi connectivity index (χ2n) is 5.65. The summed E-state index contributed by atoms with van der Waals surface area (Å²) in [7, 11) is 0. The van der Waals surface area contributed by atoms with Crippen LogP contribution in [0.3, 0.4) is 0 Å². The molecule has 0 amide bonds. The van der Waals surface area contributed by atoms with Crippen LogP contribution in [0, 0.1) is 5.92 Å². The summed E-state index contributed by atoms with van der Waals surface area (Å²) in [5, 5.41) is 3.48. The molecule has 4 heteroatoms. The van der Waals surface area contributed by atoms with Crippen molar-refractivity contribution in [3.8, 4) is 0 Å².